The lowest BCUT2D eigenvalue weighted by Crippen LogP contribution is -2.30. The summed E-state index contributed by atoms with van der Waals surface area (Å²) in [6, 6.07) is 20.3. The Hall–Kier alpha value is -1.78. The van der Waals surface area contributed by atoms with E-state index in [1.807, 2.05) is 12.1 Å². The van der Waals surface area contributed by atoms with Crippen LogP contribution in [0.25, 0.3) is 0 Å². The normalized spacial score (nSPS) is 12.3. The third-order valence-corrected chi connectivity index (χ3v) is 4.89. The van der Waals surface area contributed by atoms with Crippen molar-refractivity contribution in [2.75, 3.05) is 11.5 Å². The van der Waals surface area contributed by atoms with Gasteiger partial charge in [-0.1, -0.05) is 60.7 Å². The van der Waals surface area contributed by atoms with Crippen molar-refractivity contribution >= 4 is 17.7 Å². The molecule has 122 valence electrons. The fourth-order valence-electron chi connectivity index (χ4n) is 2.53. The number of benzene rings is 2. The van der Waals surface area contributed by atoms with Crippen LogP contribution in [0.15, 0.2) is 60.7 Å². The van der Waals surface area contributed by atoms with Gasteiger partial charge in [0.15, 0.2) is 0 Å². The zero-order valence-electron chi connectivity index (χ0n) is 13.1. The van der Waals surface area contributed by atoms with Gasteiger partial charge >= 0.3 is 5.97 Å². The van der Waals surface area contributed by atoms with Crippen molar-refractivity contribution < 1.29 is 9.90 Å². The summed E-state index contributed by atoms with van der Waals surface area (Å²) >= 11 is 1.77. The molecular formula is C19H23NO2S. The molecule has 0 bridgehead atoms. The van der Waals surface area contributed by atoms with Crippen LogP contribution in [0.4, 0.5) is 0 Å². The lowest BCUT2D eigenvalue weighted by molar-refractivity contribution is -0.138. The van der Waals surface area contributed by atoms with Crippen molar-refractivity contribution in [2.45, 2.75) is 24.8 Å². The monoisotopic (exact) mass is 329 g/mol. The number of carboxylic acid groups (broad SMARTS) is 1. The van der Waals surface area contributed by atoms with Gasteiger partial charge in [0.2, 0.25) is 0 Å². The highest BCUT2D eigenvalue weighted by atomic mass is 32.2. The zero-order valence-corrected chi connectivity index (χ0v) is 13.9. The summed E-state index contributed by atoms with van der Waals surface area (Å²) in [5, 5.41) is 8.79. The van der Waals surface area contributed by atoms with E-state index in [9.17, 15) is 4.79 Å². The van der Waals surface area contributed by atoms with Crippen LogP contribution in [0.5, 0.6) is 0 Å². The van der Waals surface area contributed by atoms with Crippen molar-refractivity contribution in [1.29, 1.82) is 0 Å². The molecule has 0 fully saturated rings. The molecule has 2 aromatic rings. The molecule has 2 aromatic carbocycles. The average Bonchev–Trinajstić information content (AvgIpc) is 2.59. The maximum Gasteiger partial charge on any atom is 0.320 e. The Kier molecular flexibility index (Phi) is 7.17. The first-order valence-corrected chi connectivity index (χ1v) is 9.00. The van der Waals surface area contributed by atoms with E-state index in [0.29, 0.717) is 12.3 Å². The average molecular weight is 329 g/mol. The van der Waals surface area contributed by atoms with E-state index in [4.69, 9.17) is 10.8 Å². The predicted molar refractivity (Wildman–Crippen MR) is 96.9 cm³/mol. The molecule has 0 spiro atoms. The Morgan fingerprint density at radius 1 is 0.913 bits per heavy atom. The molecule has 3 nitrogen and oxygen atoms in total. The summed E-state index contributed by atoms with van der Waals surface area (Å²) in [6.07, 6.45) is 1.54. The van der Waals surface area contributed by atoms with Crippen LogP contribution in [0.1, 0.15) is 29.9 Å². The Labute approximate surface area is 141 Å². The summed E-state index contributed by atoms with van der Waals surface area (Å²) in [6.45, 7) is 0. The number of hydrogen-bond donors (Lipinski definition) is 2. The SMILES string of the molecule is NC(CCSCCC(c1ccccc1)c1ccccc1)C(=O)O. The molecule has 0 radical (unpaired) electrons. The molecule has 23 heavy (non-hydrogen) atoms. The van der Waals surface area contributed by atoms with Crippen LogP contribution in [0.2, 0.25) is 0 Å². The van der Waals surface area contributed by atoms with E-state index in [2.05, 4.69) is 48.5 Å². The van der Waals surface area contributed by atoms with Crippen molar-refractivity contribution in [3.05, 3.63) is 71.8 Å². The van der Waals surface area contributed by atoms with Gasteiger partial charge in [0, 0.05) is 5.92 Å². The van der Waals surface area contributed by atoms with Crippen LogP contribution < -0.4 is 5.73 Å². The third kappa shape index (κ3) is 5.73. The molecule has 2 rings (SSSR count). The maximum absolute atomic E-state index is 10.7. The number of thioether (sulfide) groups is 1. The summed E-state index contributed by atoms with van der Waals surface area (Å²) in [5.41, 5.74) is 8.17. The largest absolute Gasteiger partial charge is 0.480 e. The topological polar surface area (TPSA) is 63.3 Å². The van der Waals surface area contributed by atoms with Crippen LogP contribution in [0, 0.1) is 0 Å². The minimum absolute atomic E-state index is 0.373. The minimum Gasteiger partial charge on any atom is -0.480 e. The summed E-state index contributed by atoms with van der Waals surface area (Å²) in [4.78, 5) is 10.7. The van der Waals surface area contributed by atoms with Crippen molar-refractivity contribution in [3.8, 4) is 0 Å². The minimum atomic E-state index is -0.919. The van der Waals surface area contributed by atoms with Crippen LogP contribution in [0.3, 0.4) is 0 Å². The molecule has 3 N–H and O–H groups in total. The molecule has 0 heterocycles. The first-order chi connectivity index (χ1) is 11.2. The van der Waals surface area contributed by atoms with Crippen LogP contribution in [-0.2, 0) is 4.79 Å². The standard InChI is InChI=1S/C19H23NO2S/c20-18(19(21)22)12-14-23-13-11-17(15-7-3-1-4-8-15)16-9-5-2-6-10-16/h1-10,17-18H,11-14,20H2,(H,21,22). The zero-order chi connectivity index (χ0) is 16.5. The molecule has 0 aliphatic heterocycles. The molecule has 1 atom stereocenters. The smallest absolute Gasteiger partial charge is 0.320 e. The van der Waals surface area contributed by atoms with Gasteiger partial charge < -0.3 is 10.8 Å². The Bertz CT molecular complexity index is 549. The molecule has 0 amide bonds. The second-order valence-electron chi connectivity index (χ2n) is 5.51. The van der Waals surface area contributed by atoms with E-state index < -0.39 is 12.0 Å². The quantitative estimate of drug-likeness (QED) is 0.688. The van der Waals surface area contributed by atoms with Crippen molar-refractivity contribution in [3.63, 3.8) is 0 Å². The van der Waals surface area contributed by atoms with E-state index >= 15 is 0 Å². The number of rotatable bonds is 9. The lowest BCUT2D eigenvalue weighted by atomic mass is 9.89. The highest BCUT2D eigenvalue weighted by Crippen LogP contribution is 2.29. The Morgan fingerprint density at radius 2 is 1.39 bits per heavy atom. The molecule has 0 aliphatic rings. The van der Waals surface area contributed by atoms with E-state index in [1.165, 1.54) is 11.1 Å². The summed E-state index contributed by atoms with van der Waals surface area (Å²) in [7, 11) is 0. The number of carbonyl (C=O) groups is 1. The second kappa shape index (κ2) is 9.38. The highest BCUT2D eigenvalue weighted by Gasteiger charge is 2.14. The van der Waals surface area contributed by atoms with Gasteiger partial charge in [0.05, 0.1) is 0 Å². The highest BCUT2D eigenvalue weighted by molar-refractivity contribution is 7.99. The van der Waals surface area contributed by atoms with Crippen LogP contribution >= 0.6 is 11.8 Å². The van der Waals surface area contributed by atoms with Gasteiger partial charge in [0.25, 0.3) is 0 Å². The fraction of sp³-hybridized carbons (Fsp3) is 0.316. The predicted octanol–water partition coefficient (Wildman–Crippen LogP) is 3.74. The first kappa shape index (κ1) is 17.6. The molecule has 0 saturated carbocycles. The molecule has 0 saturated heterocycles. The number of aliphatic carboxylic acids is 1. The van der Waals surface area contributed by atoms with Crippen molar-refractivity contribution in [1.82, 2.24) is 0 Å². The molecule has 0 aliphatic carbocycles. The Morgan fingerprint density at radius 3 is 1.87 bits per heavy atom. The maximum atomic E-state index is 10.7. The van der Waals surface area contributed by atoms with E-state index in [-0.39, 0.29) is 0 Å². The second-order valence-corrected chi connectivity index (χ2v) is 6.73. The molecular weight excluding hydrogens is 306 g/mol. The number of carboxylic acids is 1. The molecule has 4 heteroatoms. The third-order valence-electron chi connectivity index (χ3n) is 3.85. The molecule has 0 aromatic heterocycles. The Balaban J connectivity index is 1.91. The van der Waals surface area contributed by atoms with Crippen molar-refractivity contribution in [2.24, 2.45) is 5.73 Å². The summed E-state index contributed by atoms with van der Waals surface area (Å²) in [5.74, 6) is 1.22. The van der Waals surface area contributed by atoms with Gasteiger partial charge in [0.1, 0.15) is 6.04 Å². The first-order valence-electron chi connectivity index (χ1n) is 7.84. The summed E-state index contributed by atoms with van der Waals surface area (Å²) < 4.78 is 0. The number of nitrogens with two attached hydrogens (primary N) is 1. The van der Waals surface area contributed by atoms with E-state index in [1.54, 1.807) is 11.8 Å². The van der Waals surface area contributed by atoms with E-state index in [0.717, 1.165) is 17.9 Å². The lowest BCUT2D eigenvalue weighted by Gasteiger charge is -2.18. The molecule has 1 unspecified atom stereocenters. The van der Waals surface area contributed by atoms with Gasteiger partial charge in [-0.05, 0) is 35.5 Å². The number of hydrogen-bond acceptors (Lipinski definition) is 3. The van der Waals surface area contributed by atoms with Crippen LogP contribution in [-0.4, -0.2) is 28.6 Å². The van der Waals surface area contributed by atoms with Gasteiger partial charge in [-0.2, -0.15) is 11.8 Å². The van der Waals surface area contributed by atoms with Gasteiger partial charge in [-0.25, -0.2) is 0 Å². The fourth-order valence-corrected chi connectivity index (χ4v) is 3.56. The van der Waals surface area contributed by atoms with Gasteiger partial charge in [-0.15, -0.1) is 0 Å². The van der Waals surface area contributed by atoms with Gasteiger partial charge in [-0.3, -0.25) is 4.79 Å².